The van der Waals surface area contributed by atoms with Crippen molar-refractivity contribution >= 4 is 21.6 Å². The smallest absolute Gasteiger partial charge is 0.187 e. The lowest BCUT2D eigenvalue weighted by atomic mass is 10.1. The third-order valence-electron chi connectivity index (χ3n) is 3.47. The van der Waals surface area contributed by atoms with E-state index in [0.29, 0.717) is 5.82 Å². The summed E-state index contributed by atoms with van der Waals surface area (Å²) in [7, 11) is 0. The topological polar surface area (TPSA) is 69.6 Å². The molecule has 0 aliphatic carbocycles. The molecule has 1 heterocycles. The fourth-order valence-corrected chi connectivity index (χ4v) is 2.75. The Balaban J connectivity index is 2.20. The predicted octanol–water partition coefficient (Wildman–Crippen LogP) is 3.29. The molecular weight excluding hydrogens is 330 g/mol. The summed E-state index contributed by atoms with van der Waals surface area (Å²) in [6, 6.07) is 11.7. The summed E-state index contributed by atoms with van der Waals surface area (Å²) >= 11 is 3.47. The van der Waals surface area contributed by atoms with E-state index in [9.17, 15) is 0 Å². The number of hydrogen-bond donors (Lipinski definition) is 1. The standard InChI is InChI=1S/C15H14BrN5/c1-9-8-11(16)6-7-14(9)21-15(18-19-20-21)12-4-3-5-13(17)10(12)2/h3-8H,17H2,1-2H3. The largest absolute Gasteiger partial charge is 0.398 e. The summed E-state index contributed by atoms with van der Waals surface area (Å²) in [6.45, 7) is 4.00. The van der Waals surface area contributed by atoms with E-state index in [1.165, 1.54) is 0 Å². The minimum atomic E-state index is 0.685. The predicted molar refractivity (Wildman–Crippen MR) is 86.2 cm³/mol. The Morgan fingerprint density at radius 1 is 1.14 bits per heavy atom. The lowest BCUT2D eigenvalue weighted by molar-refractivity contribution is 0.787. The van der Waals surface area contributed by atoms with Crippen LogP contribution in [-0.2, 0) is 0 Å². The molecule has 0 atom stereocenters. The van der Waals surface area contributed by atoms with Crippen molar-refractivity contribution < 1.29 is 0 Å². The van der Waals surface area contributed by atoms with Crippen LogP contribution in [0.1, 0.15) is 11.1 Å². The van der Waals surface area contributed by atoms with E-state index in [1.807, 2.05) is 50.2 Å². The van der Waals surface area contributed by atoms with E-state index >= 15 is 0 Å². The Hall–Kier alpha value is -2.21. The first-order chi connectivity index (χ1) is 10.1. The molecule has 2 N–H and O–H groups in total. The van der Waals surface area contributed by atoms with Gasteiger partial charge in [-0.25, -0.2) is 0 Å². The van der Waals surface area contributed by atoms with Gasteiger partial charge in [-0.1, -0.05) is 28.1 Å². The van der Waals surface area contributed by atoms with Crippen LogP contribution >= 0.6 is 15.9 Å². The second kappa shape index (κ2) is 5.29. The lowest BCUT2D eigenvalue weighted by Crippen LogP contribution is -2.03. The van der Waals surface area contributed by atoms with Crippen molar-refractivity contribution in [2.45, 2.75) is 13.8 Å². The molecule has 0 saturated carbocycles. The monoisotopic (exact) mass is 343 g/mol. The Morgan fingerprint density at radius 2 is 1.95 bits per heavy atom. The summed E-state index contributed by atoms with van der Waals surface area (Å²) in [5.74, 6) is 0.685. The van der Waals surface area contributed by atoms with Crippen molar-refractivity contribution in [2.75, 3.05) is 5.73 Å². The molecule has 0 bridgehead atoms. The molecular formula is C15H14BrN5. The summed E-state index contributed by atoms with van der Waals surface area (Å²) in [6.07, 6.45) is 0. The van der Waals surface area contributed by atoms with Gasteiger partial charge in [0.25, 0.3) is 0 Å². The number of aromatic nitrogens is 4. The van der Waals surface area contributed by atoms with Crippen LogP contribution in [0.4, 0.5) is 5.69 Å². The molecule has 1 aromatic heterocycles. The van der Waals surface area contributed by atoms with Gasteiger partial charge in [0, 0.05) is 15.7 Å². The first-order valence-corrected chi connectivity index (χ1v) is 7.27. The highest BCUT2D eigenvalue weighted by molar-refractivity contribution is 9.10. The van der Waals surface area contributed by atoms with Crippen LogP contribution in [-0.4, -0.2) is 20.2 Å². The average Bonchev–Trinajstić information content (AvgIpc) is 2.91. The molecule has 3 rings (SSSR count). The van der Waals surface area contributed by atoms with E-state index < -0.39 is 0 Å². The van der Waals surface area contributed by atoms with Crippen molar-refractivity contribution in [2.24, 2.45) is 0 Å². The SMILES string of the molecule is Cc1cc(Br)ccc1-n1nnnc1-c1cccc(N)c1C. The number of anilines is 1. The van der Waals surface area contributed by atoms with Crippen molar-refractivity contribution in [3.8, 4) is 17.1 Å². The summed E-state index contributed by atoms with van der Waals surface area (Å²) in [5.41, 5.74) is 10.6. The summed E-state index contributed by atoms with van der Waals surface area (Å²) < 4.78 is 2.77. The zero-order chi connectivity index (χ0) is 15.0. The second-order valence-electron chi connectivity index (χ2n) is 4.86. The number of benzene rings is 2. The zero-order valence-electron chi connectivity index (χ0n) is 11.7. The highest BCUT2D eigenvalue weighted by Crippen LogP contribution is 2.28. The number of halogens is 1. The maximum atomic E-state index is 5.98. The minimum absolute atomic E-state index is 0.685. The number of rotatable bonds is 2. The van der Waals surface area contributed by atoms with Crippen LogP contribution in [0, 0.1) is 13.8 Å². The van der Waals surface area contributed by atoms with Gasteiger partial charge in [0.05, 0.1) is 5.69 Å². The summed E-state index contributed by atoms with van der Waals surface area (Å²) in [4.78, 5) is 0. The molecule has 3 aromatic rings. The molecule has 6 heteroatoms. The van der Waals surface area contributed by atoms with Crippen LogP contribution in [0.15, 0.2) is 40.9 Å². The molecule has 0 aliphatic rings. The molecule has 0 fully saturated rings. The summed E-state index contributed by atoms with van der Waals surface area (Å²) in [5, 5.41) is 12.1. The van der Waals surface area contributed by atoms with Crippen LogP contribution < -0.4 is 5.73 Å². The molecule has 0 saturated heterocycles. The second-order valence-corrected chi connectivity index (χ2v) is 5.78. The molecule has 0 unspecified atom stereocenters. The van der Waals surface area contributed by atoms with E-state index in [1.54, 1.807) is 4.68 Å². The molecule has 5 nitrogen and oxygen atoms in total. The van der Waals surface area contributed by atoms with Crippen molar-refractivity contribution in [1.82, 2.24) is 20.2 Å². The number of aryl methyl sites for hydroxylation is 1. The number of tetrazole rings is 1. The van der Waals surface area contributed by atoms with Crippen molar-refractivity contribution in [1.29, 1.82) is 0 Å². The minimum Gasteiger partial charge on any atom is -0.398 e. The first-order valence-electron chi connectivity index (χ1n) is 6.48. The molecule has 0 radical (unpaired) electrons. The van der Waals surface area contributed by atoms with Crippen LogP contribution in [0.25, 0.3) is 17.1 Å². The third-order valence-corrected chi connectivity index (χ3v) is 3.97. The fraction of sp³-hybridized carbons (Fsp3) is 0.133. The highest BCUT2D eigenvalue weighted by atomic mass is 79.9. The quantitative estimate of drug-likeness (QED) is 0.725. The Morgan fingerprint density at radius 3 is 2.71 bits per heavy atom. The zero-order valence-corrected chi connectivity index (χ0v) is 13.3. The lowest BCUT2D eigenvalue weighted by Gasteiger charge is -2.10. The normalized spacial score (nSPS) is 10.8. The van der Waals surface area contributed by atoms with E-state index in [2.05, 4.69) is 31.5 Å². The van der Waals surface area contributed by atoms with Crippen molar-refractivity contribution in [3.63, 3.8) is 0 Å². The van der Waals surface area contributed by atoms with Gasteiger partial charge in [0.15, 0.2) is 5.82 Å². The van der Waals surface area contributed by atoms with Gasteiger partial charge in [0.1, 0.15) is 0 Å². The van der Waals surface area contributed by atoms with Gasteiger partial charge in [-0.05, 0) is 59.7 Å². The van der Waals surface area contributed by atoms with E-state index in [-0.39, 0.29) is 0 Å². The Labute approximate surface area is 130 Å². The fourth-order valence-electron chi connectivity index (χ4n) is 2.27. The van der Waals surface area contributed by atoms with E-state index in [4.69, 9.17) is 5.73 Å². The number of nitrogen functional groups attached to an aromatic ring is 1. The third kappa shape index (κ3) is 2.42. The van der Waals surface area contributed by atoms with Gasteiger partial charge < -0.3 is 5.73 Å². The van der Waals surface area contributed by atoms with Gasteiger partial charge in [-0.2, -0.15) is 4.68 Å². The van der Waals surface area contributed by atoms with Crippen LogP contribution in [0.2, 0.25) is 0 Å². The van der Waals surface area contributed by atoms with E-state index in [0.717, 1.165) is 32.5 Å². The maximum absolute atomic E-state index is 5.98. The molecule has 0 amide bonds. The Kier molecular flexibility index (Phi) is 3.47. The first kappa shape index (κ1) is 13.8. The van der Waals surface area contributed by atoms with Crippen molar-refractivity contribution in [3.05, 3.63) is 52.0 Å². The molecule has 0 aliphatic heterocycles. The average molecular weight is 344 g/mol. The molecule has 21 heavy (non-hydrogen) atoms. The number of hydrogen-bond acceptors (Lipinski definition) is 4. The van der Waals surface area contributed by atoms with Gasteiger partial charge in [-0.15, -0.1) is 5.10 Å². The molecule has 106 valence electrons. The number of nitrogens with zero attached hydrogens (tertiary/aromatic N) is 4. The number of nitrogens with two attached hydrogens (primary N) is 1. The van der Waals surface area contributed by atoms with Crippen LogP contribution in [0.5, 0.6) is 0 Å². The van der Waals surface area contributed by atoms with Gasteiger partial charge in [-0.3, -0.25) is 0 Å². The van der Waals surface area contributed by atoms with Gasteiger partial charge in [0.2, 0.25) is 0 Å². The highest BCUT2D eigenvalue weighted by Gasteiger charge is 2.15. The Bertz CT molecular complexity index is 810. The maximum Gasteiger partial charge on any atom is 0.187 e. The van der Waals surface area contributed by atoms with Gasteiger partial charge >= 0.3 is 0 Å². The van der Waals surface area contributed by atoms with Crippen LogP contribution in [0.3, 0.4) is 0 Å². The molecule has 0 spiro atoms. The molecule has 2 aromatic carbocycles.